The van der Waals surface area contributed by atoms with Crippen molar-refractivity contribution in [3.05, 3.63) is 0 Å². The summed E-state index contributed by atoms with van der Waals surface area (Å²) in [7, 11) is 0. The molecular formula is CH10N2S. The molecule has 0 fully saturated rings. The first-order valence-electron chi connectivity index (χ1n) is 0.333. The van der Waals surface area contributed by atoms with Crippen molar-refractivity contribution in [1.82, 2.24) is 0 Å². The minimum Gasteiger partial charge on any atom is -0.274 e. The number of rotatable bonds is 0. The monoisotopic (exact) mass is 82.1 g/mol. The van der Waals surface area contributed by atoms with Crippen LogP contribution in [0.3, 0.4) is 0 Å². The van der Waals surface area contributed by atoms with Crippen molar-refractivity contribution in [1.29, 1.82) is 0 Å². The molecule has 0 spiro atoms. The summed E-state index contributed by atoms with van der Waals surface area (Å²) in [4.78, 5) is 0. The topological polar surface area (TPSA) is 52.0 Å². The molecule has 4 N–H and O–H groups in total. The van der Waals surface area contributed by atoms with Crippen molar-refractivity contribution >= 4 is 13.5 Å². The third kappa shape index (κ3) is 50.2. The maximum absolute atomic E-state index is 4.00. The Hall–Kier alpha value is 0.270. The minimum atomic E-state index is 0. The lowest BCUT2D eigenvalue weighted by Gasteiger charge is -1.27. The van der Waals surface area contributed by atoms with E-state index in [2.05, 4.69) is 11.7 Å². The lowest BCUT2D eigenvalue weighted by molar-refractivity contribution is 1.26. The molecule has 0 saturated carbocycles. The highest BCUT2D eigenvalue weighted by Gasteiger charge is 0.726. The summed E-state index contributed by atoms with van der Waals surface area (Å²) in [5.74, 6) is 8.00. The molecule has 0 heterocycles. The predicted molar refractivity (Wildman–Crippen MR) is 25.5 cm³/mol. The van der Waals surface area contributed by atoms with Crippen LogP contribution in [0.15, 0.2) is 0 Å². The highest BCUT2D eigenvalue weighted by atomic mass is 32.1. The van der Waals surface area contributed by atoms with Crippen molar-refractivity contribution in [3.8, 4) is 0 Å². The lowest BCUT2D eigenvalue weighted by atomic mass is 12.0. The van der Waals surface area contributed by atoms with Crippen molar-refractivity contribution in [3.63, 3.8) is 0 Å². The Morgan fingerprint density at radius 3 is 1.00 bits per heavy atom. The molecule has 4 heavy (non-hydrogen) atoms. The van der Waals surface area contributed by atoms with Crippen LogP contribution in [0.1, 0.15) is 7.43 Å². The van der Waals surface area contributed by atoms with Crippen molar-refractivity contribution < 1.29 is 0 Å². The molecule has 0 aliphatic heterocycles. The zero-order valence-electron chi connectivity index (χ0n) is 1.65. The minimum absolute atomic E-state index is 0. The largest absolute Gasteiger partial charge is 0.274 e. The maximum atomic E-state index is 4.00. The van der Waals surface area contributed by atoms with Gasteiger partial charge in [-0.05, 0) is 0 Å². The maximum Gasteiger partial charge on any atom is -0.0776 e. The molecule has 0 bridgehead atoms. The average molecular weight is 82.2 g/mol. The fraction of sp³-hybridized carbons (Fsp3) is 1.00. The fourth-order valence-electron chi connectivity index (χ4n) is 0. The van der Waals surface area contributed by atoms with Gasteiger partial charge in [0.05, 0.1) is 0 Å². The van der Waals surface area contributed by atoms with Crippen LogP contribution in [0, 0.1) is 0 Å². The van der Waals surface area contributed by atoms with Crippen LogP contribution < -0.4 is 11.7 Å². The van der Waals surface area contributed by atoms with E-state index in [9.17, 15) is 0 Å². The Morgan fingerprint density at radius 1 is 1.00 bits per heavy atom. The quantitative estimate of drug-likeness (QED) is 0.308. The lowest BCUT2D eigenvalue weighted by Crippen LogP contribution is -2.02. The van der Waals surface area contributed by atoms with E-state index in [-0.39, 0.29) is 20.9 Å². The van der Waals surface area contributed by atoms with Crippen LogP contribution in [0.4, 0.5) is 0 Å². The Balaban J connectivity index is -0.00000000500. The average Bonchev–Trinajstić information content (AvgIpc) is 1.00. The van der Waals surface area contributed by atoms with Gasteiger partial charge in [-0.25, -0.2) is 0 Å². The first kappa shape index (κ1) is 28.3. The Morgan fingerprint density at radius 2 is 1.00 bits per heavy atom. The van der Waals surface area contributed by atoms with E-state index in [0.29, 0.717) is 0 Å². The van der Waals surface area contributed by atoms with Crippen LogP contribution >= 0.6 is 13.5 Å². The molecule has 0 aromatic heterocycles. The highest BCUT2D eigenvalue weighted by Crippen LogP contribution is 0.648. The summed E-state index contributed by atoms with van der Waals surface area (Å²) in [5, 5.41) is 0. The first-order valence-corrected chi connectivity index (χ1v) is 0.333. The van der Waals surface area contributed by atoms with Crippen molar-refractivity contribution in [2.24, 2.45) is 11.7 Å². The summed E-state index contributed by atoms with van der Waals surface area (Å²) in [6, 6.07) is 0. The van der Waals surface area contributed by atoms with Gasteiger partial charge in [0.25, 0.3) is 0 Å². The van der Waals surface area contributed by atoms with Gasteiger partial charge < -0.3 is 0 Å². The van der Waals surface area contributed by atoms with E-state index in [0.717, 1.165) is 0 Å². The number of hydrogen-bond acceptors (Lipinski definition) is 2. The van der Waals surface area contributed by atoms with Gasteiger partial charge in [-0.1, -0.05) is 7.43 Å². The first-order chi connectivity index (χ1) is 1.00. The van der Waals surface area contributed by atoms with Gasteiger partial charge >= 0.3 is 0 Å². The van der Waals surface area contributed by atoms with Crippen LogP contribution in [0.25, 0.3) is 0 Å². The molecule has 0 amide bonds. The number of hydrogen-bond donors (Lipinski definition) is 2. The van der Waals surface area contributed by atoms with Crippen LogP contribution in [-0.2, 0) is 0 Å². The molecule has 0 aromatic rings. The van der Waals surface area contributed by atoms with E-state index in [1.54, 1.807) is 0 Å². The third-order valence-corrected chi connectivity index (χ3v) is 0. The van der Waals surface area contributed by atoms with Gasteiger partial charge in [0.2, 0.25) is 0 Å². The summed E-state index contributed by atoms with van der Waals surface area (Å²) >= 11 is 0. The number of nitrogens with two attached hydrogens (primary N) is 2. The van der Waals surface area contributed by atoms with Gasteiger partial charge in [-0.15, -0.1) is 0 Å². The third-order valence-electron chi connectivity index (χ3n) is 0. The molecule has 0 atom stereocenters. The summed E-state index contributed by atoms with van der Waals surface area (Å²) in [6.45, 7) is 0. The standard InChI is InChI=1S/CH4.H4N2.H2S/c;1-2;/h1H4;1-2H2;1H2. The second-order valence-electron chi connectivity index (χ2n) is 0. The van der Waals surface area contributed by atoms with Gasteiger partial charge in [0, 0.05) is 0 Å². The Labute approximate surface area is 33.6 Å². The van der Waals surface area contributed by atoms with Gasteiger partial charge in [-0.2, -0.15) is 13.5 Å². The second-order valence-corrected chi connectivity index (χ2v) is 0. The molecule has 0 unspecified atom stereocenters. The highest BCUT2D eigenvalue weighted by molar-refractivity contribution is 7.59. The molecule has 3 heteroatoms. The van der Waals surface area contributed by atoms with Crippen LogP contribution in [-0.4, -0.2) is 0 Å². The fourth-order valence-corrected chi connectivity index (χ4v) is 0. The van der Waals surface area contributed by atoms with Crippen molar-refractivity contribution in [2.45, 2.75) is 7.43 Å². The zero-order valence-corrected chi connectivity index (χ0v) is 2.65. The van der Waals surface area contributed by atoms with Crippen molar-refractivity contribution in [2.75, 3.05) is 0 Å². The van der Waals surface area contributed by atoms with Gasteiger partial charge in [0.1, 0.15) is 0 Å². The predicted octanol–water partition coefficient (Wildman–Crippen LogP) is -0.432. The van der Waals surface area contributed by atoms with E-state index >= 15 is 0 Å². The molecular weight excluding hydrogens is 72.1 g/mol. The molecule has 0 aromatic carbocycles. The zero-order chi connectivity index (χ0) is 2.00. The SMILES string of the molecule is C.NN.S. The molecule has 0 radical (unpaired) electrons. The Kier molecular flexibility index (Phi) is 1640. The normalized spacial score (nSPS) is 1.50. The summed E-state index contributed by atoms with van der Waals surface area (Å²) < 4.78 is 0. The second kappa shape index (κ2) is 231. The van der Waals surface area contributed by atoms with Crippen LogP contribution in [0.2, 0.25) is 0 Å². The molecule has 2 nitrogen and oxygen atoms in total. The number of hydrazine groups is 1. The smallest absolute Gasteiger partial charge is 0.0776 e. The molecule has 30 valence electrons. The van der Waals surface area contributed by atoms with E-state index < -0.39 is 0 Å². The Bertz CT molecular complexity index is 6.00. The molecule has 0 aliphatic rings. The van der Waals surface area contributed by atoms with Gasteiger partial charge in [0.15, 0.2) is 0 Å². The van der Waals surface area contributed by atoms with E-state index in [4.69, 9.17) is 0 Å². The summed E-state index contributed by atoms with van der Waals surface area (Å²) in [5.41, 5.74) is 0. The molecule has 0 aliphatic carbocycles. The van der Waals surface area contributed by atoms with E-state index in [1.165, 1.54) is 0 Å². The summed E-state index contributed by atoms with van der Waals surface area (Å²) in [6.07, 6.45) is 0. The molecule has 0 rings (SSSR count). The molecule has 0 saturated heterocycles. The van der Waals surface area contributed by atoms with Crippen LogP contribution in [0.5, 0.6) is 0 Å². The van der Waals surface area contributed by atoms with Gasteiger partial charge in [-0.3, -0.25) is 11.7 Å². The van der Waals surface area contributed by atoms with E-state index in [1.807, 2.05) is 0 Å².